The summed E-state index contributed by atoms with van der Waals surface area (Å²) in [7, 11) is 1.76. The number of nitrogens with zero attached hydrogens (tertiary/aromatic N) is 5. The molecule has 0 fully saturated rings. The molecule has 38 heavy (non-hydrogen) atoms. The number of esters is 1. The number of ketones is 1. The zero-order valence-corrected chi connectivity index (χ0v) is 21.5. The van der Waals surface area contributed by atoms with Crippen LogP contribution in [-0.2, 0) is 21.3 Å². The number of carbonyl (C=O) groups is 3. The monoisotopic (exact) mass is 523 g/mol. The van der Waals surface area contributed by atoms with Crippen LogP contribution in [0.25, 0.3) is 22.2 Å². The van der Waals surface area contributed by atoms with E-state index in [4.69, 9.17) is 13.9 Å². The van der Waals surface area contributed by atoms with Gasteiger partial charge in [0, 0.05) is 42.3 Å². The van der Waals surface area contributed by atoms with Gasteiger partial charge in [-0.2, -0.15) is 9.49 Å². The minimum atomic E-state index is -0.904. The lowest BCUT2D eigenvalue weighted by atomic mass is 10.1. The number of carbonyl (C=O) groups excluding carboxylic acids is 3. The second-order valence-corrected chi connectivity index (χ2v) is 9.33. The maximum atomic E-state index is 13.5. The number of anilines is 1. The molecule has 0 N–H and O–H groups in total. The minimum Gasteiger partial charge on any atom is -0.459 e. The Morgan fingerprint density at radius 3 is 2.47 bits per heavy atom. The fourth-order valence-electron chi connectivity index (χ4n) is 3.70. The topological polar surface area (TPSA) is 130 Å². The first-order chi connectivity index (χ1) is 18.0. The third kappa shape index (κ3) is 5.69. The van der Waals surface area contributed by atoms with Crippen LogP contribution in [0.1, 0.15) is 43.8 Å². The lowest BCUT2D eigenvalue weighted by Gasteiger charge is -2.24. The highest BCUT2D eigenvalue weighted by Crippen LogP contribution is 2.37. The zero-order valence-electron chi connectivity index (χ0n) is 21.5. The number of rotatable bonds is 7. The van der Waals surface area contributed by atoms with Crippen molar-refractivity contribution in [3.8, 4) is 11.1 Å². The summed E-state index contributed by atoms with van der Waals surface area (Å²) in [6.07, 6.45) is 5.07. The molecule has 0 aliphatic carbocycles. The molecule has 0 aliphatic rings. The number of aryl methyl sites for hydroxylation is 1. The Morgan fingerprint density at radius 1 is 1.11 bits per heavy atom. The summed E-state index contributed by atoms with van der Waals surface area (Å²) in [6, 6.07) is 3.93. The van der Waals surface area contributed by atoms with Crippen LogP contribution < -0.4 is 4.90 Å². The molecule has 4 aromatic rings. The second-order valence-electron chi connectivity index (χ2n) is 9.33. The highest BCUT2D eigenvalue weighted by molar-refractivity contribution is 6.17. The Kier molecular flexibility index (Phi) is 7.24. The molecule has 0 aromatic carbocycles. The second kappa shape index (κ2) is 10.4. The van der Waals surface area contributed by atoms with E-state index >= 15 is 0 Å². The number of ether oxygens (including phenoxy) is 2. The van der Waals surface area contributed by atoms with Crippen LogP contribution in [0, 0.1) is 5.95 Å². The van der Waals surface area contributed by atoms with Crippen molar-refractivity contribution in [2.45, 2.75) is 33.3 Å². The van der Waals surface area contributed by atoms with Gasteiger partial charge >= 0.3 is 12.1 Å². The first-order valence-electron chi connectivity index (χ1n) is 11.7. The van der Waals surface area contributed by atoms with Crippen LogP contribution in [0.2, 0.25) is 0 Å². The van der Waals surface area contributed by atoms with E-state index in [9.17, 15) is 18.8 Å². The lowest BCUT2D eigenvalue weighted by molar-refractivity contribution is -0.152. The molecule has 4 aromatic heterocycles. The molecule has 0 saturated carbocycles. The van der Waals surface area contributed by atoms with Gasteiger partial charge in [-0.1, -0.05) is 0 Å². The van der Waals surface area contributed by atoms with Crippen molar-refractivity contribution < 1.29 is 32.7 Å². The van der Waals surface area contributed by atoms with Gasteiger partial charge in [0.1, 0.15) is 17.8 Å². The molecule has 4 rings (SSSR count). The lowest BCUT2D eigenvalue weighted by Crippen LogP contribution is -2.39. The van der Waals surface area contributed by atoms with E-state index in [1.165, 1.54) is 12.3 Å². The summed E-state index contributed by atoms with van der Waals surface area (Å²) in [5, 5.41) is 4.43. The number of aromatic nitrogens is 4. The summed E-state index contributed by atoms with van der Waals surface area (Å²) in [6.45, 7) is 6.09. The maximum Gasteiger partial charge on any atom is 0.414 e. The minimum absolute atomic E-state index is 0.000246. The molecular weight excluding hydrogens is 497 g/mol. The van der Waals surface area contributed by atoms with Crippen molar-refractivity contribution in [1.29, 1.82) is 0 Å². The molecule has 4 heterocycles. The predicted molar refractivity (Wildman–Crippen MR) is 134 cm³/mol. The molecule has 0 saturated heterocycles. The molecule has 1 amide bonds. The quantitative estimate of drug-likeness (QED) is 0.198. The fraction of sp³-hybridized carbons (Fsp3) is 0.308. The van der Waals surface area contributed by atoms with Crippen molar-refractivity contribution in [2.24, 2.45) is 7.05 Å². The van der Waals surface area contributed by atoms with Crippen LogP contribution in [0.3, 0.4) is 0 Å². The van der Waals surface area contributed by atoms with Gasteiger partial charge in [0.2, 0.25) is 23.2 Å². The summed E-state index contributed by atoms with van der Waals surface area (Å²) in [4.78, 5) is 48.3. The van der Waals surface area contributed by atoms with E-state index in [2.05, 4.69) is 15.1 Å². The summed E-state index contributed by atoms with van der Waals surface area (Å²) in [5.74, 6) is -2.52. The third-order valence-corrected chi connectivity index (χ3v) is 5.22. The van der Waals surface area contributed by atoms with E-state index in [0.717, 1.165) is 22.7 Å². The Morgan fingerprint density at radius 2 is 1.87 bits per heavy atom. The first kappa shape index (κ1) is 26.5. The molecule has 0 atom stereocenters. The van der Waals surface area contributed by atoms with Gasteiger partial charge in [-0.05, 0) is 45.9 Å². The van der Waals surface area contributed by atoms with E-state index in [1.807, 2.05) is 0 Å². The Labute approximate surface area is 217 Å². The number of halogens is 1. The molecule has 0 bridgehead atoms. The molecular formula is C26H26FN5O6. The summed E-state index contributed by atoms with van der Waals surface area (Å²) >= 11 is 0. The maximum absolute atomic E-state index is 13.5. The highest BCUT2D eigenvalue weighted by atomic mass is 19.1. The van der Waals surface area contributed by atoms with E-state index in [0.29, 0.717) is 5.56 Å². The largest absolute Gasteiger partial charge is 0.459 e. The molecule has 198 valence electrons. The summed E-state index contributed by atoms with van der Waals surface area (Å²) < 4.78 is 31.5. The van der Waals surface area contributed by atoms with Crippen LogP contribution in [0.4, 0.5) is 14.9 Å². The Balaban J connectivity index is 1.92. The van der Waals surface area contributed by atoms with Crippen molar-refractivity contribution in [1.82, 2.24) is 19.7 Å². The average molecular weight is 524 g/mol. The smallest absolute Gasteiger partial charge is 0.414 e. The standard InChI is InChI=1S/C26H26FN5O6/c1-6-36-25(35)32(14-20(33)38-26(2,3)4)21-18-9-16(17-12-30-31(5)13-17)11-29-24(18)37-23(21)22(34)15-7-8-19(27)28-10-15/h7-13H,6,14H2,1-5H3. The van der Waals surface area contributed by atoms with Crippen molar-refractivity contribution >= 4 is 34.6 Å². The number of amides is 1. The van der Waals surface area contributed by atoms with Crippen molar-refractivity contribution in [3.05, 3.63) is 60.3 Å². The molecule has 0 spiro atoms. The van der Waals surface area contributed by atoms with Gasteiger partial charge in [0.05, 0.1) is 18.2 Å². The first-order valence-corrected chi connectivity index (χ1v) is 11.7. The molecule has 0 radical (unpaired) electrons. The van der Waals surface area contributed by atoms with Gasteiger partial charge in [-0.25, -0.2) is 14.8 Å². The highest BCUT2D eigenvalue weighted by Gasteiger charge is 2.33. The van der Waals surface area contributed by atoms with Gasteiger partial charge in [-0.3, -0.25) is 19.2 Å². The number of hydrogen-bond acceptors (Lipinski definition) is 9. The van der Waals surface area contributed by atoms with Crippen molar-refractivity contribution in [2.75, 3.05) is 18.1 Å². The van der Waals surface area contributed by atoms with E-state index in [-0.39, 0.29) is 34.7 Å². The van der Waals surface area contributed by atoms with E-state index in [1.54, 1.807) is 57.9 Å². The number of hydrogen-bond donors (Lipinski definition) is 0. The molecule has 12 heteroatoms. The normalized spacial score (nSPS) is 11.4. The molecule has 0 aliphatic heterocycles. The number of furan rings is 1. The Bertz CT molecular complexity index is 1500. The van der Waals surface area contributed by atoms with E-state index < -0.39 is 35.9 Å². The average Bonchev–Trinajstić information content (AvgIpc) is 3.45. The van der Waals surface area contributed by atoms with Gasteiger partial charge in [-0.15, -0.1) is 0 Å². The van der Waals surface area contributed by atoms with Gasteiger partial charge in [0.15, 0.2) is 0 Å². The molecule has 11 nitrogen and oxygen atoms in total. The number of pyridine rings is 2. The van der Waals surface area contributed by atoms with Crippen LogP contribution >= 0.6 is 0 Å². The Hall–Kier alpha value is -4.61. The van der Waals surface area contributed by atoms with Crippen LogP contribution in [-0.4, -0.2) is 56.3 Å². The fourth-order valence-corrected chi connectivity index (χ4v) is 3.70. The van der Waals surface area contributed by atoms with Crippen molar-refractivity contribution in [3.63, 3.8) is 0 Å². The SMILES string of the molecule is CCOC(=O)N(CC(=O)OC(C)(C)C)c1c(C(=O)c2ccc(F)nc2)oc2ncc(-c3cnn(C)c3)cc12. The van der Waals surface area contributed by atoms with Crippen LogP contribution in [0.15, 0.2) is 47.4 Å². The number of fused-ring (bicyclic) bond motifs is 1. The predicted octanol–water partition coefficient (Wildman–Crippen LogP) is 4.30. The van der Waals surface area contributed by atoms with Crippen LogP contribution in [0.5, 0.6) is 0 Å². The molecule has 0 unspecified atom stereocenters. The van der Waals surface area contributed by atoms with Gasteiger partial charge < -0.3 is 13.9 Å². The van der Waals surface area contributed by atoms with Gasteiger partial charge in [0.25, 0.3) is 0 Å². The third-order valence-electron chi connectivity index (χ3n) is 5.22. The zero-order chi connectivity index (χ0) is 27.6. The summed E-state index contributed by atoms with van der Waals surface area (Å²) in [5.41, 5.74) is 0.501.